The Labute approximate surface area is 160 Å². The summed E-state index contributed by atoms with van der Waals surface area (Å²) in [5.41, 5.74) is 10.3. The lowest BCUT2D eigenvalue weighted by atomic mass is 10.1. The lowest BCUT2D eigenvalue weighted by molar-refractivity contribution is -0.142. The number of amides is 4. The number of carbonyl (C=O) groups excluding carboxylic acids is 4. The van der Waals surface area contributed by atoms with Crippen LogP contribution in [0.5, 0.6) is 0 Å². The van der Waals surface area contributed by atoms with Crippen LogP contribution in [-0.2, 0) is 24.0 Å². The molecule has 0 fully saturated rings. The van der Waals surface area contributed by atoms with Gasteiger partial charge in [0.2, 0.25) is 23.6 Å². The van der Waals surface area contributed by atoms with Gasteiger partial charge < -0.3 is 42.7 Å². The Morgan fingerprint density at radius 3 is 1.96 bits per heavy atom. The van der Waals surface area contributed by atoms with Gasteiger partial charge in [-0.3, -0.25) is 19.2 Å². The van der Waals surface area contributed by atoms with Crippen molar-refractivity contribution in [3.63, 3.8) is 0 Å². The molecule has 10 N–H and O–H groups in total. The molecular weight excluding hydrogens is 378 g/mol. The Hall–Kier alpha value is -2.77. The molecule has 13 nitrogen and oxygen atoms in total. The lowest BCUT2D eigenvalue weighted by Gasteiger charge is -2.24. The average molecular weight is 405 g/mol. The summed E-state index contributed by atoms with van der Waals surface area (Å²) >= 11 is 0. The number of carboxylic acid groups (broad SMARTS) is 1. The van der Waals surface area contributed by atoms with Gasteiger partial charge in [0.15, 0.2) is 0 Å². The van der Waals surface area contributed by atoms with Gasteiger partial charge in [0.25, 0.3) is 0 Å². The Bertz CT molecular complexity index is 597. The fraction of sp³-hybridized carbons (Fsp3) is 0.667. The van der Waals surface area contributed by atoms with Crippen LogP contribution in [0.1, 0.15) is 26.7 Å². The standard InChI is InChI=1S/C15H27N5O8/c1-6(12(24)19-9(15(27)28)3-4-10(17)23)18-14(26)11(7(2)22)20-13(25)8(16)5-21/h6-9,11,21-22H,3-5,16H2,1-2H3,(H2,17,23)(H,18,26)(H,19,24)(H,20,25)(H,27,28). The Morgan fingerprint density at radius 1 is 0.964 bits per heavy atom. The molecule has 28 heavy (non-hydrogen) atoms. The van der Waals surface area contributed by atoms with E-state index in [9.17, 15) is 29.1 Å². The number of aliphatic carboxylic acids is 1. The van der Waals surface area contributed by atoms with Crippen LogP contribution in [0.3, 0.4) is 0 Å². The van der Waals surface area contributed by atoms with Crippen LogP contribution in [-0.4, -0.2) is 81.8 Å². The third-order valence-electron chi connectivity index (χ3n) is 3.64. The van der Waals surface area contributed by atoms with Crippen LogP contribution >= 0.6 is 0 Å². The first kappa shape index (κ1) is 25.2. The summed E-state index contributed by atoms with van der Waals surface area (Å²) in [6, 6.07) is -5.40. The summed E-state index contributed by atoms with van der Waals surface area (Å²) < 4.78 is 0. The van der Waals surface area contributed by atoms with E-state index in [1.807, 2.05) is 0 Å². The fourth-order valence-corrected chi connectivity index (χ4v) is 1.96. The van der Waals surface area contributed by atoms with Crippen molar-refractivity contribution in [3.05, 3.63) is 0 Å². The zero-order valence-electron chi connectivity index (χ0n) is 15.5. The fourth-order valence-electron chi connectivity index (χ4n) is 1.96. The maximum absolute atomic E-state index is 12.2. The van der Waals surface area contributed by atoms with E-state index in [-0.39, 0.29) is 12.8 Å². The molecule has 0 aromatic rings. The van der Waals surface area contributed by atoms with Gasteiger partial charge in [0.1, 0.15) is 24.2 Å². The van der Waals surface area contributed by atoms with Gasteiger partial charge in [0.05, 0.1) is 12.7 Å². The van der Waals surface area contributed by atoms with Crippen LogP contribution in [0.25, 0.3) is 0 Å². The van der Waals surface area contributed by atoms with E-state index in [2.05, 4.69) is 16.0 Å². The Morgan fingerprint density at radius 2 is 1.54 bits per heavy atom. The molecule has 0 aliphatic heterocycles. The highest BCUT2D eigenvalue weighted by Gasteiger charge is 2.30. The molecule has 0 aliphatic rings. The maximum atomic E-state index is 12.2. The number of carboxylic acids is 1. The molecule has 5 atom stereocenters. The largest absolute Gasteiger partial charge is 0.480 e. The number of nitrogens with one attached hydrogen (secondary N) is 3. The summed E-state index contributed by atoms with van der Waals surface area (Å²) in [7, 11) is 0. The first-order valence-corrected chi connectivity index (χ1v) is 8.37. The number of rotatable bonds is 12. The molecule has 0 rings (SSSR count). The van der Waals surface area contributed by atoms with E-state index in [0.29, 0.717) is 0 Å². The van der Waals surface area contributed by atoms with E-state index in [4.69, 9.17) is 21.7 Å². The van der Waals surface area contributed by atoms with Crippen molar-refractivity contribution in [1.29, 1.82) is 0 Å². The van der Waals surface area contributed by atoms with E-state index < -0.39 is 66.5 Å². The Balaban J connectivity index is 4.93. The molecule has 0 aliphatic carbocycles. The molecule has 5 unspecified atom stereocenters. The highest BCUT2D eigenvalue weighted by atomic mass is 16.4. The SMILES string of the molecule is CC(NC(=O)C(NC(=O)C(N)CO)C(C)O)C(=O)NC(CCC(N)=O)C(=O)O. The summed E-state index contributed by atoms with van der Waals surface area (Å²) in [4.78, 5) is 57.9. The smallest absolute Gasteiger partial charge is 0.326 e. The highest BCUT2D eigenvalue weighted by molar-refractivity contribution is 5.94. The summed E-state index contributed by atoms with van der Waals surface area (Å²) in [5.74, 6) is -4.81. The topological polar surface area (TPSA) is 234 Å². The van der Waals surface area contributed by atoms with Crippen molar-refractivity contribution in [2.24, 2.45) is 11.5 Å². The number of nitrogens with two attached hydrogens (primary N) is 2. The summed E-state index contributed by atoms with van der Waals surface area (Å²) in [6.45, 7) is 1.78. The minimum absolute atomic E-state index is 0.234. The van der Waals surface area contributed by atoms with E-state index in [0.717, 1.165) is 0 Å². The second-order valence-electron chi connectivity index (χ2n) is 6.15. The zero-order valence-corrected chi connectivity index (χ0v) is 15.5. The number of aliphatic hydroxyl groups is 2. The van der Waals surface area contributed by atoms with Gasteiger partial charge in [-0.05, 0) is 20.3 Å². The Kier molecular flexibility index (Phi) is 10.7. The predicted octanol–water partition coefficient (Wildman–Crippen LogP) is -4.49. The molecule has 0 saturated heterocycles. The van der Waals surface area contributed by atoms with Crippen molar-refractivity contribution < 1.29 is 39.3 Å². The van der Waals surface area contributed by atoms with Gasteiger partial charge >= 0.3 is 5.97 Å². The lowest BCUT2D eigenvalue weighted by Crippen LogP contribution is -2.59. The molecule has 0 heterocycles. The van der Waals surface area contributed by atoms with E-state index >= 15 is 0 Å². The predicted molar refractivity (Wildman–Crippen MR) is 94.3 cm³/mol. The third kappa shape index (κ3) is 8.75. The minimum atomic E-state index is -1.47. The third-order valence-corrected chi connectivity index (χ3v) is 3.64. The second kappa shape index (κ2) is 11.8. The quantitative estimate of drug-likeness (QED) is 0.156. The first-order valence-electron chi connectivity index (χ1n) is 8.37. The highest BCUT2D eigenvalue weighted by Crippen LogP contribution is 2.00. The summed E-state index contributed by atoms with van der Waals surface area (Å²) in [6.07, 6.45) is -1.85. The molecule has 0 aromatic heterocycles. The molecule has 0 spiro atoms. The van der Waals surface area contributed by atoms with Crippen molar-refractivity contribution in [1.82, 2.24) is 16.0 Å². The van der Waals surface area contributed by atoms with Crippen molar-refractivity contribution in [3.8, 4) is 0 Å². The van der Waals surface area contributed by atoms with Crippen molar-refractivity contribution in [2.45, 2.75) is 57.0 Å². The normalized spacial score (nSPS) is 16.0. The molecule has 0 aromatic carbocycles. The molecule has 0 radical (unpaired) electrons. The molecule has 0 saturated carbocycles. The molecular formula is C15H27N5O8. The van der Waals surface area contributed by atoms with Gasteiger partial charge in [-0.1, -0.05) is 0 Å². The van der Waals surface area contributed by atoms with E-state index in [1.54, 1.807) is 0 Å². The number of primary amides is 1. The van der Waals surface area contributed by atoms with E-state index in [1.165, 1.54) is 13.8 Å². The number of aliphatic hydroxyl groups excluding tert-OH is 2. The van der Waals surface area contributed by atoms with Crippen molar-refractivity contribution >= 4 is 29.6 Å². The number of carbonyl (C=O) groups is 5. The minimum Gasteiger partial charge on any atom is -0.480 e. The van der Waals surface area contributed by atoms with Gasteiger partial charge in [-0.15, -0.1) is 0 Å². The van der Waals surface area contributed by atoms with Gasteiger partial charge in [-0.2, -0.15) is 0 Å². The second-order valence-corrected chi connectivity index (χ2v) is 6.15. The van der Waals surface area contributed by atoms with Gasteiger partial charge in [-0.25, -0.2) is 4.79 Å². The van der Waals surface area contributed by atoms with Crippen LogP contribution in [0.4, 0.5) is 0 Å². The zero-order chi connectivity index (χ0) is 22.0. The molecule has 0 bridgehead atoms. The van der Waals surface area contributed by atoms with Crippen LogP contribution in [0.15, 0.2) is 0 Å². The molecule has 160 valence electrons. The first-order chi connectivity index (χ1) is 12.9. The van der Waals surface area contributed by atoms with Crippen LogP contribution in [0, 0.1) is 0 Å². The van der Waals surface area contributed by atoms with Gasteiger partial charge in [0, 0.05) is 6.42 Å². The average Bonchev–Trinajstić information content (AvgIpc) is 2.60. The number of hydrogen-bond acceptors (Lipinski definition) is 8. The van der Waals surface area contributed by atoms with Crippen LogP contribution < -0.4 is 27.4 Å². The number of hydrogen-bond donors (Lipinski definition) is 8. The maximum Gasteiger partial charge on any atom is 0.326 e. The van der Waals surface area contributed by atoms with Crippen LogP contribution in [0.2, 0.25) is 0 Å². The molecule has 4 amide bonds. The summed E-state index contributed by atoms with van der Waals surface area (Å²) in [5, 5.41) is 34.1. The monoisotopic (exact) mass is 405 g/mol. The van der Waals surface area contributed by atoms with Crippen molar-refractivity contribution in [2.75, 3.05) is 6.61 Å². The molecule has 13 heteroatoms.